The molecule has 0 unspecified atom stereocenters. The lowest BCUT2D eigenvalue weighted by atomic mass is 10.1. The molecule has 2 aromatic rings. The number of carboxylic acids is 1. The standard InChI is InChI=1S/C27H39NO5S/c1-2-3-4-5-6-7-8-12-17-24-20-25(27(30)31)26(34-24)28(22-29)33-19-14-13-18-32-21-23-15-10-9-11-16-23/h9-11,15-16,20,22H,2-8,12-14,17-19,21H2,1H3,(H,30,31). The molecule has 0 saturated carbocycles. The van der Waals surface area contributed by atoms with E-state index < -0.39 is 5.97 Å². The minimum absolute atomic E-state index is 0.123. The van der Waals surface area contributed by atoms with Gasteiger partial charge in [-0.2, -0.15) is 5.06 Å². The van der Waals surface area contributed by atoms with E-state index in [4.69, 9.17) is 9.57 Å². The Balaban J connectivity index is 1.70. The average Bonchev–Trinajstić information content (AvgIpc) is 3.27. The van der Waals surface area contributed by atoms with Crippen molar-refractivity contribution in [2.45, 2.75) is 84.2 Å². The van der Waals surface area contributed by atoms with Gasteiger partial charge in [0.25, 0.3) is 0 Å². The van der Waals surface area contributed by atoms with Crippen LogP contribution < -0.4 is 5.06 Å². The quantitative estimate of drug-likeness (QED) is 0.123. The Morgan fingerprint density at radius 3 is 2.32 bits per heavy atom. The molecule has 34 heavy (non-hydrogen) atoms. The second-order valence-electron chi connectivity index (χ2n) is 8.47. The molecule has 0 aliphatic rings. The number of aryl methyl sites for hydroxylation is 1. The summed E-state index contributed by atoms with van der Waals surface area (Å²) in [6.45, 7) is 3.71. The third kappa shape index (κ3) is 10.8. The van der Waals surface area contributed by atoms with Gasteiger partial charge in [0.2, 0.25) is 6.41 Å². The number of carbonyl (C=O) groups is 2. The predicted octanol–water partition coefficient (Wildman–Crippen LogP) is 7.02. The highest BCUT2D eigenvalue weighted by atomic mass is 32.1. The molecule has 0 saturated heterocycles. The number of aromatic carboxylic acids is 1. The van der Waals surface area contributed by atoms with E-state index in [0.717, 1.165) is 41.2 Å². The van der Waals surface area contributed by atoms with Crippen molar-refractivity contribution in [3.8, 4) is 0 Å². The zero-order valence-corrected chi connectivity index (χ0v) is 21.2. The Morgan fingerprint density at radius 1 is 0.971 bits per heavy atom. The molecule has 7 heteroatoms. The fourth-order valence-electron chi connectivity index (χ4n) is 3.67. The van der Waals surface area contributed by atoms with E-state index in [1.54, 1.807) is 6.07 Å². The molecule has 1 N–H and O–H groups in total. The molecule has 1 heterocycles. The van der Waals surface area contributed by atoms with Crippen LogP contribution in [-0.2, 0) is 27.4 Å². The first kappa shape index (κ1) is 28.0. The summed E-state index contributed by atoms with van der Waals surface area (Å²) in [6, 6.07) is 11.7. The molecule has 0 fully saturated rings. The lowest BCUT2D eigenvalue weighted by Gasteiger charge is -2.15. The topological polar surface area (TPSA) is 76.1 Å². The van der Waals surface area contributed by atoms with Crippen LogP contribution in [0.25, 0.3) is 0 Å². The Labute approximate surface area is 207 Å². The lowest BCUT2D eigenvalue weighted by Crippen LogP contribution is -2.23. The summed E-state index contributed by atoms with van der Waals surface area (Å²) < 4.78 is 5.66. The van der Waals surface area contributed by atoms with Crippen molar-refractivity contribution >= 4 is 28.7 Å². The molecule has 1 amide bonds. The number of carbonyl (C=O) groups excluding carboxylic acids is 1. The Kier molecular flexibility index (Phi) is 14.2. The highest BCUT2D eigenvalue weighted by Crippen LogP contribution is 2.32. The van der Waals surface area contributed by atoms with E-state index in [2.05, 4.69) is 6.92 Å². The number of benzene rings is 1. The normalized spacial score (nSPS) is 11.0. The molecular formula is C27H39NO5S. The summed E-state index contributed by atoms with van der Waals surface area (Å²) in [5, 5.41) is 11.0. The van der Waals surface area contributed by atoms with Gasteiger partial charge in [0, 0.05) is 11.5 Å². The van der Waals surface area contributed by atoms with E-state index in [9.17, 15) is 14.7 Å². The molecule has 1 aromatic heterocycles. The van der Waals surface area contributed by atoms with Crippen LogP contribution in [0, 0.1) is 0 Å². The van der Waals surface area contributed by atoms with Crippen LogP contribution >= 0.6 is 11.3 Å². The summed E-state index contributed by atoms with van der Waals surface area (Å²) in [5.74, 6) is -1.04. The monoisotopic (exact) mass is 489 g/mol. The minimum Gasteiger partial charge on any atom is -0.478 e. The number of hydrogen-bond donors (Lipinski definition) is 1. The number of carboxylic acid groups (broad SMARTS) is 1. The van der Waals surface area contributed by atoms with E-state index in [1.165, 1.54) is 49.9 Å². The third-order valence-corrected chi connectivity index (χ3v) is 6.77. The number of anilines is 1. The summed E-state index contributed by atoms with van der Waals surface area (Å²) in [4.78, 5) is 29.9. The second-order valence-corrected chi connectivity index (χ2v) is 9.59. The van der Waals surface area contributed by atoms with Crippen LogP contribution in [-0.4, -0.2) is 30.7 Å². The summed E-state index contributed by atoms with van der Waals surface area (Å²) in [6.07, 6.45) is 12.7. The van der Waals surface area contributed by atoms with E-state index >= 15 is 0 Å². The largest absolute Gasteiger partial charge is 0.478 e. The van der Waals surface area contributed by atoms with Gasteiger partial charge in [0.05, 0.1) is 18.8 Å². The van der Waals surface area contributed by atoms with Crippen LogP contribution in [0.4, 0.5) is 5.00 Å². The Morgan fingerprint density at radius 2 is 1.65 bits per heavy atom. The number of ether oxygens (including phenoxy) is 1. The Hall–Kier alpha value is -2.22. The minimum atomic E-state index is -1.04. The fourth-order valence-corrected chi connectivity index (χ4v) is 4.79. The highest BCUT2D eigenvalue weighted by molar-refractivity contribution is 7.16. The van der Waals surface area contributed by atoms with Crippen LogP contribution in [0.1, 0.15) is 91.9 Å². The molecule has 2 rings (SSSR count). The first-order valence-electron chi connectivity index (χ1n) is 12.5. The first-order valence-corrected chi connectivity index (χ1v) is 13.3. The van der Waals surface area contributed by atoms with Crippen molar-refractivity contribution in [2.24, 2.45) is 0 Å². The lowest BCUT2D eigenvalue weighted by molar-refractivity contribution is -0.114. The molecule has 0 spiro atoms. The van der Waals surface area contributed by atoms with Gasteiger partial charge in [-0.15, -0.1) is 11.3 Å². The number of unbranched alkanes of at least 4 members (excludes halogenated alkanes) is 8. The third-order valence-electron chi connectivity index (χ3n) is 5.59. The molecule has 0 aliphatic carbocycles. The number of thiophene rings is 1. The molecule has 0 bridgehead atoms. The van der Waals surface area contributed by atoms with Crippen molar-refractivity contribution in [3.63, 3.8) is 0 Å². The van der Waals surface area contributed by atoms with Gasteiger partial charge in [-0.3, -0.25) is 9.63 Å². The first-order chi connectivity index (χ1) is 16.7. The van der Waals surface area contributed by atoms with Gasteiger partial charge in [0.1, 0.15) is 5.00 Å². The maximum Gasteiger partial charge on any atom is 0.338 e. The average molecular weight is 490 g/mol. The number of amides is 1. The summed E-state index contributed by atoms with van der Waals surface area (Å²) >= 11 is 1.33. The molecule has 0 radical (unpaired) electrons. The van der Waals surface area contributed by atoms with Crippen molar-refractivity contribution in [3.05, 3.63) is 52.4 Å². The zero-order chi connectivity index (χ0) is 24.4. The van der Waals surface area contributed by atoms with Crippen LogP contribution in [0.3, 0.4) is 0 Å². The van der Waals surface area contributed by atoms with Gasteiger partial charge in [-0.05, 0) is 37.3 Å². The van der Waals surface area contributed by atoms with E-state index in [1.807, 2.05) is 30.3 Å². The van der Waals surface area contributed by atoms with Crippen molar-refractivity contribution < 1.29 is 24.3 Å². The molecule has 188 valence electrons. The number of hydroxylamine groups is 1. The van der Waals surface area contributed by atoms with Crippen molar-refractivity contribution in [1.29, 1.82) is 0 Å². The summed E-state index contributed by atoms with van der Waals surface area (Å²) in [5.41, 5.74) is 1.26. The fraction of sp³-hybridized carbons (Fsp3) is 0.556. The number of rotatable bonds is 20. The highest BCUT2D eigenvalue weighted by Gasteiger charge is 2.21. The van der Waals surface area contributed by atoms with E-state index in [0.29, 0.717) is 37.7 Å². The van der Waals surface area contributed by atoms with Gasteiger partial charge in [-0.25, -0.2) is 4.79 Å². The van der Waals surface area contributed by atoms with Crippen LogP contribution in [0.5, 0.6) is 0 Å². The smallest absolute Gasteiger partial charge is 0.338 e. The Bertz CT molecular complexity index is 824. The van der Waals surface area contributed by atoms with Crippen LogP contribution in [0.15, 0.2) is 36.4 Å². The molecule has 0 aliphatic heterocycles. The van der Waals surface area contributed by atoms with Crippen molar-refractivity contribution in [1.82, 2.24) is 0 Å². The molecular weight excluding hydrogens is 450 g/mol. The van der Waals surface area contributed by atoms with Gasteiger partial charge in [-0.1, -0.05) is 82.2 Å². The van der Waals surface area contributed by atoms with Gasteiger partial charge < -0.3 is 9.84 Å². The number of nitrogens with zero attached hydrogens (tertiary/aromatic N) is 1. The van der Waals surface area contributed by atoms with E-state index in [-0.39, 0.29) is 5.56 Å². The maximum atomic E-state index is 11.7. The molecule has 0 atom stereocenters. The van der Waals surface area contributed by atoms with Crippen LogP contribution in [0.2, 0.25) is 0 Å². The summed E-state index contributed by atoms with van der Waals surface area (Å²) in [7, 11) is 0. The van der Waals surface area contributed by atoms with Gasteiger partial charge in [0.15, 0.2) is 0 Å². The van der Waals surface area contributed by atoms with Crippen molar-refractivity contribution in [2.75, 3.05) is 18.3 Å². The maximum absolute atomic E-state index is 11.7. The predicted molar refractivity (Wildman–Crippen MR) is 137 cm³/mol. The number of hydrogen-bond acceptors (Lipinski definition) is 5. The molecule has 6 nitrogen and oxygen atoms in total. The second kappa shape index (κ2) is 17.2. The van der Waals surface area contributed by atoms with Gasteiger partial charge >= 0.3 is 5.97 Å². The SMILES string of the molecule is CCCCCCCCCCc1cc(C(=O)O)c(N(C=O)OCCCCOCc2ccccc2)s1. The zero-order valence-electron chi connectivity index (χ0n) is 20.4. The molecule has 1 aromatic carbocycles.